The van der Waals surface area contributed by atoms with Gasteiger partial charge in [0.25, 0.3) is 0 Å². The number of aliphatic imine (C=N–C) groups is 1. The second-order valence-corrected chi connectivity index (χ2v) is 19.2. The number of unbranched alkanes of at least 4 members (excludes halogenated alkanes) is 1. The number of guanidine groups is 1. The summed E-state index contributed by atoms with van der Waals surface area (Å²) >= 11 is 4.00. The Bertz CT molecular complexity index is 1920. The summed E-state index contributed by atoms with van der Waals surface area (Å²) in [6.07, 6.45) is -1.88. The zero-order valence-electron chi connectivity index (χ0n) is 43.0. The number of nitrogens with two attached hydrogens (primary N) is 4. The van der Waals surface area contributed by atoms with Crippen LogP contribution >= 0.6 is 12.6 Å². The van der Waals surface area contributed by atoms with Crippen LogP contribution in [0.4, 0.5) is 0 Å². The lowest BCUT2D eigenvalue weighted by Crippen LogP contribution is -2.61. The molecule has 0 spiro atoms. The highest BCUT2D eigenvalue weighted by atomic mass is 32.1. The molecule has 0 heterocycles. The largest absolute Gasteiger partial charge is 0.481 e. The van der Waals surface area contributed by atoms with Crippen molar-refractivity contribution in [2.75, 3.05) is 25.4 Å². The summed E-state index contributed by atoms with van der Waals surface area (Å²) in [6.45, 7) is 9.27. The standard InChI is InChI=1S/C45H81N13O15S/c1-22(2)18-30(55-36(64)25(47)21-74)41(69)53-29(13-15-34(62)63)39(67)52-28(12-14-33(60)61)38(66)51-26(10-7-8-16-46)40(68)58-35(24(5)6)43(71)54-27(11-9-17-50-45(48)49)37(65)57-32(20-59)42(70)56-31(44(72)73)19-23(3)4/h22-32,35,59,74H,7-21,46-47H2,1-6H3,(H,51,66)(H,52,67)(H,53,69)(H,54,71)(H,55,64)(H,56,70)(H,57,65)(H,58,68)(H,60,61)(H,62,63)(H,72,73)(H4,48,49,50)/t25-,26-,27-,28-,29-,30-,31-,32-,35-/m0/s1. The molecule has 0 aromatic rings. The fourth-order valence-electron chi connectivity index (χ4n) is 6.97. The van der Waals surface area contributed by atoms with E-state index in [0.717, 1.165) is 0 Å². The molecule has 20 N–H and O–H groups in total. The Hall–Kier alpha value is -6.33. The number of nitrogens with one attached hydrogen (secondary N) is 8. The highest BCUT2D eigenvalue weighted by Crippen LogP contribution is 2.12. The lowest BCUT2D eigenvalue weighted by molar-refractivity contribution is -0.143. The van der Waals surface area contributed by atoms with Gasteiger partial charge >= 0.3 is 17.9 Å². The molecule has 0 saturated heterocycles. The zero-order chi connectivity index (χ0) is 56.8. The SMILES string of the molecule is CC(C)C[C@H](NC(=O)[C@H](CO)NC(=O)[C@H](CCCN=C(N)N)NC(=O)[C@@H](NC(=O)[C@H](CCCCN)NC(=O)[C@H](CCC(=O)O)NC(=O)[C@H](CCC(=O)O)NC(=O)[C@H](CC(C)C)NC(=O)[C@@H](N)CS)C(C)C)C(=O)O. The van der Waals surface area contributed by atoms with E-state index in [2.05, 4.69) is 60.2 Å². The number of hydrogen-bond acceptors (Lipinski definition) is 16. The summed E-state index contributed by atoms with van der Waals surface area (Å²) in [6, 6.07) is -13.0. The zero-order valence-corrected chi connectivity index (χ0v) is 43.9. The molecular weight excluding hydrogens is 995 g/mol. The van der Waals surface area contributed by atoms with Crippen molar-refractivity contribution in [3.63, 3.8) is 0 Å². The number of nitrogens with zero attached hydrogens (tertiary/aromatic N) is 1. The van der Waals surface area contributed by atoms with Crippen molar-refractivity contribution in [3.8, 4) is 0 Å². The smallest absolute Gasteiger partial charge is 0.326 e. The fraction of sp³-hybridized carbons (Fsp3) is 0.733. The Morgan fingerprint density at radius 1 is 0.500 bits per heavy atom. The second kappa shape index (κ2) is 35.8. The third-order valence-electron chi connectivity index (χ3n) is 11.0. The average molecular weight is 1080 g/mol. The highest BCUT2D eigenvalue weighted by molar-refractivity contribution is 7.80. The third-order valence-corrected chi connectivity index (χ3v) is 11.4. The van der Waals surface area contributed by atoms with Gasteiger partial charge in [-0.3, -0.25) is 52.9 Å². The molecule has 28 nitrogen and oxygen atoms in total. The van der Waals surface area contributed by atoms with Crippen LogP contribution in [-0.4, -0.2) is 171 Å². The van der Waals surface area contributed by atoms with Crippen LogP contribution in [0.2, 0.25) is 0 Å². The van der Waals surface area contributed by atoms with Crippen molar-refractivity contribution >= 4 is 83.8 Å². The number of thiol groups is 1. The second-order valence-electron chi connectivity index (χ2n) is 18.8. The van der Waals surface area contributed by atoms with E-state index >= 15 is 0 Å². The first-order chi connectivity index (χ1) is 34.6. The van der Waals surface area contributed by atoms with Crippen LogP contribution in [0, 0.1) is 17.8 Å². The molecule has 0 unspecified atom stereocenters. The molecule has 422 valence electrons. The van der Waals surface area contributed by atoms with Crippen molar-refractivity contribution in [3.05, 3.63) is 0 Å². The van der Waals surface area contributed by atoms with Crippen LogP contribution in [0.5, 0.6) is 0 Å². The van der Waals surface area contributed by atoms with Crippen LogP contribution in [0.15, 0.2) is 4.99 Å². The predicted octanol–water partition coefficient (Wildman–Crippen LogP) is -4.14. The minimum atomic E-state index is -1.70. The number of amides is 8. The van der Waals surface area contributed by atoms with Gasteiger partial charge in [-0.2, -0.15) is 12.6 Å². The van der Waals surface area contributed by atoms with Gasteiger partial charge < -0.3 is 85.9 Å². The molecule has 0 radical (unpaired) electrons. The van der Waals surface area contributed by atoms with E-state index in [4.69, 9.17) is 22.9 Å². The van der Waals surface area contributed by atoms with Crippen LogP contribution < -0.4 is 65.5 Å². The summed E-state index contributed by atoms with van der Waals surface area (Å²) in [7, 11) is 0. The minimum absolute atomic E-state index is 0.00751. The van der Waals surface area contributed by atoms with Crippen LogP contribution in [-0.2, 0) is 52.7 Å². The van der Waals surface area contributed by atoms with Gasteiger partial charge in [-0.25, -0.2) is 4.79 Å². The Kier molecular flexibility index (Phi) is 32.7. The molecule has 74 heavy (non-hydrogen) atoms. The third kappa shape index (κ3) is 27.6. The normalized spacial score (nSPS) is 14.8. The Balaban J connectivity index is 6.81. The predicted molar refractivity (Wildman–Crippen MR) is 272 cm³/mol. The first kappa shape index (κ1) is 67.7. The molecule has 0 fully saturated rings. The quantitative estimate of drug-likeness (QED) is 0.0121. The van der Waals surface area contributed by atoms with E-state index < -0.39 is 158 Å². The molecule has 0 aromatic carbocycles. The Labute approximate surface area is 436 Å². The van der Waals surface area contributed by atoms with E-state index in [0.29, 0.717) is 6.42 Å². The average Bonchev–Trinajstić information content (AvgIpc) is 3.31. The van der Waals surface area contributed by atoms with Gasteiger partial charge in [0.2, 0.25) is 47.3 Å². The van der Waals surface area contributed by atoms with Gasteiger partial charge in [0.05, 0.1) is 12.6 Å². The monoisotopic (exact) mass is 1080 g/mol. The number of aliphatic hydroxyl groups is 1. The number of carboxylic acid groups (broad SMARTS) is 3. The first-order valence-electron chi connectivity index (χ1n) is 24.4. The molecule has 0 bridgehead atoms. The number of carbonyl (C=O) groups is 11. The number of hydrogen-bond donors (Lipinski definition) is 17. The molecule has 9 atom stereocenters. The van der Waals surface area contributed by atoms with Crippen molar-refractivity contribution in [2.45, 2.75) is 167 Å². The number of rotatable bonds is 38. The van der Waals surface area contributed by atoms with E-state index in [1.54, 1.807) is 41.5 Å². The molecule has 8 amide bonds. The molecule has 0 aromatic heterocycles. The minimum Gasteiger partial charge on any atom is -0.481 e. The van der Waals surface area contributed by atoms with Gasteiger partial charge in [0.15, 0.2) is 5.96 Å². The van der Waals surface area contributed by atoms with Crippen molar-refractivity contribution in [1.29, 1.82) is 0 Å². The van der Waals surface area contributed by atoms with Gasteiger partial charge in [-0.05, 0) is 82.1 Å². The van der Waals surface area contributed by atoms with Gasteiger partial charge in [-0.1, -0.05) is 41.5 Å². The van der Waals surface area contributed by atoms with E-state index in [-0.39, 0.29) is 75.2 Å². The van der Waals surface area contributed by atoms with Crippen LogP contribution in [0.3, 0.4) is 0 Å². The molecule has 0 rings (SSSR count). The van der Waals surface area contributed by atoms with Crippen LogP contribution in [0.1, 0.15) is 112 Å². The molecular formula is C45H81N13O15S. The molecule has 0 saturated carbocycles. The van der Waals surface area contributed by atoms with Crippen molar-refractivity contribution < 1.29 is 73.2 Å². The van der Waals surface area contributed by atoms with E-state index in [9.17, 15) is 73.2 Å². The van der Waals surface area contributed by atoms with E-state index in [1.165, 1.54) is 0 Å². The van der Waals surface area contributed by atoms with E-state index in [1.807, 2.05) is 0 Å². The van der Waals surface area contributed by atoms with Gasteiger partial charge in [0, 0.05) is 25.1 Å². The molecule has 29 heteroatoms. The number of aliphatic carboxylic acids is 3. The number of carbonyl (C=O) groups excluding carboxylic acids is 8. The topological polar surface area (TPSA) is 481 Å². The Morgan fingerprint density at radius 2 is 0.878 bits per heavy atom. The maximum absolute atomic E-state index is 14.1. The summed E-state index contributed by atoms with van der Waals surface area (Å²) in [5, 5.41) is 58.1. The fourth-order valence-corrected chi connectivity index (χ4v) is 7.14. The highest BCUT2D eigenvalue weighted by Gasteiger charge is 2.36. The number of carboxylic acids is 3. The maximum Gasteiger partial charge on any atom is 0.326 e. The van der Waals surface area contributed by atoms with Gasteiger partial charge in [0.1, 0.15) is 48.3 Å². The molecule has 0 aliphatic carbocycles. The van der Waals surface area contributed by atoms with Crippen molar-refractivity contribution in [1.82, 2.24) is 42.5 Å². The number of aliphatic hydroxyl groups excluding tert-OH is 1. The molecule has 0 aliphatic heterocycles. The first-order valence-corrected chi connectivity index (χ1v) is 25.0. The van der Waals surface area contributed by atoms with Crippen LogP contribution in [0.25, 0.3) is 0 Å². The van der Waals surface area contributed by atoms with Crippen molar-refractivity contribution in [2.24, 2.45) is 45.7 Å². The maximum atomic E-state index is 14.1. The summed E-state index contributed by atoms with van der Waals surface area (Å²) in [4.78, 5) is 148. The lowest BCUT2D eigenvalue weighted by atomic mass is 10.00. The summed E-state index contributed by atoms with van der Waals surface area (Å²) < 4.78 is 0. The molecule has 0 aliphatic rings. The van der Waals surface area contributed by atoms with Gasteiger partial charge in [-0.15, -0.1) is 0 Å². The Morgan fingerprint density at radius 3 is 1.28 bits per heavy atom. The summed E-state index contributed by atoms with van der Waals surface area (Å²) in [5.74, 6) is -13.1. The summed E-state index contributed by atoms with van der Waals surface area (Å²) in [5.41, 5.74) is 22.3. The lowest BCUT2D eigenvalue weighted by Gasteiger charge is -2.29.